The van der Waals surface area contributed by atoms with Crippen molar-refractivity contribution in [3.63, 3.8) is 0 Å². The third kappa shape index (κ3) is 4.27. The Morgan fingerprint density at radius 2 is 1.86 bits per heavy atom. The summed E-state index contributed by atoms with van der Waals surface area (Å²) in [7, 11) is 0. The van der Waals surface area contributed by atoms with Crippen LogP contribution in [0.1, 0.15) is 48.4 Å². The molecule has 0 bridgehead atoms. The van der Waals surface area contributed by atoms with Gasteiger partial charge in [0.1, 0.15) is 5.82 Å². The largest absolute Gasteiger partial charge is 0.505 e. The van der Waals surface area contributed by atoms with E-state index >= 15 is 4.39 Å². The van der Waals surface area contributed by atoms with Crippen molar-refractivity contribution in [3.05, 3.63) is 64.7 Å². The van der Waals surface area contributed by atoms with Crippen molar-refractivity contribution in [2.45, 2.75) is 38.1 Å². The van der Waals surface area contributed by atoms with Gasteiger partial charge in [-0.1, -0.05) is 24.6 Å². The van der Waals surface area contributed by atoms with Crippen molar-refractivity contribution in [2.24, 2.45) is 5.92 Å². The number of benzene rings is 2. The molecule has 0 aliphatic carbocycles. The second kappa shape index (κ2) is 8.49. The molecule has 0 aromatic heterocycles. The van der Waals surface area contributed by atoms with Gasteiger partial charge in [-0.2, -0.15) is 0 Å². The van der Waals surface area contributed by atoms with E-state index in [4.69, 9.17) is 0 Å². The maximum atomic E-state index is 15.2. The van der Waals surface area contributed by atoms with Gasteiger partial charge in [0.15, 0.2) is 11.6 Å². The lowest BCUT2D eigenvalue weighted by Crippen LogP contribution is -2.35. The van der Waals surface area contributed by atoms with Crippen LogP contribution in [0.15, 0.2) is 36.4 Å². The van der Waals surface area contributed by atoms with Crippen LogP contribution in [0.25, 0.3) is 0 Å². The molecule has 4 rings (SSSR count). The second-order valence-electron chi connectivity index (χ2n) is 8.05. The molecular formula is C23H26F2N2O2. The van der Waals surface area contributed by atoms with E-state index in [1.54, 1.807) is 12.1 Å². The highest BCUT2D eigenvalue weighted by atomic mass is 19.1. The molecule has 2 saturated heterocycles. The monoisotopic (exact) mass is 400 g/mol. The molecule has 4 nitrogen and oxygen atoms in total. The minimum absolute atomic E-state index is 0.0280. The molecule has 29 heavy (non-hydrogen) atoms. The standard InChI is InChI=1S/C23H26F2N2O2/c24-19-13-15(12-17-8-9-26-23(17)29)4-6-18(19)22(27-10-2-1-3-11-27)16-5-7-21(28)20(25)14-16/h4-7,13-14,17,22,28H,1-3,8-12H2,(H,26,29)/t17-,22-/m1/s1. The number of nitrogens with one attached hydrogen (secondary N) is 1. The second-order valence-corrected chi connectivity index (χ2v) is 8.05. The van der Waals surface area contributed by atoms with Crippen LogP contribution in [-0.4, -0.2) is 35.5 Å². The van der Waals surface area contributed by atoms with E-state index in [-0.39, 0.29) is 17.6 Å². The van der Waals surface area contributed by atoms with Gasteiger partial charge in [0, 0.05) is 18.0 Å². The number of halogens is 2. The molecule has 2 atom stereocenters. The molecule has 1 amide bonds. The predicted octanol–water partition coefficient (Wildman–Crippen LogP) is 3.92. The number of carbonyl (C=O) groups excluding carboxylic acids is 1. The molecule has 0 spiro atoms. The molecule has 2 N–H and O–H groups in total. The van der Waals surface area contributed by atoms with Crippen molar-refractivity contribution in [1.82, 2.24) is 10.2 Å². The quantitative estimate of drug-likeness (QED) is 0.800. The number of likely N-dealkylation sites (tertiary alicyclic amines) is 1. The Kier molecular flexibility index (Phi) is 5.81. The van der Waals surface area contributed by atoms with E-state index in [1.165, 1.54) is 18.2 Å². The molecule has 154 valence electrons. The number of hydrogen-bond acceptors (Lipinski definition) is 3. The van der Waals surface area contributed by atoms with Gasteiger partial charge in [0.2, 0.25) is 5.91 Å². The first-order chi connectivity index (χ1) is 14.0. The molecule has 2 aliphatic rings. The minimum atomic E-state index is -0.700. The number of carbonyl (C=O) groups is 1. The summed E-state index contributed by atoms with van der Waals surface area (Å²) in [6.07, 6.45) is 4.47. The van der Waals surface area contributed by atoms with E-state index in [1.807, 2.05) is 6.07 Å². The number of piperidine rings is 1. The van der Waals surface area contributed by atoms with Gasteiger partial charge in [0.05, 0.1) is 6.04 Å². The summed E-state index contributed by atoms with van der Waals surface area (Å²) >= 11 is 0. The van der Waals surface area contributed by atoms with Crippen LogP contribution < -0.4 is 5.32 Å². The Balaban J connectivity index is 1.66. The summed E-state index contributed by atoms with van der Waals surface area (Å²) in [6.45, 7) is 2.31. The van der Waals surface area contributed by atoms with Crippen molar-refractivity contribution in [2.75, 3.05) is 19.6 Å². The van der Waals surface area contributed by atoms with Crippen molar-refractivity contribution in [1.29, 1.82) is 0 Å². The van der Waals surface area contributed by atoms with Gasteiger partial charge >= 0.3 is 0 Å². The average Bonchev–Trinajstić information content (AvgIpc) is 3.12. The molecule has 0 saturated carbocycles. The third-order valence-electron chi connectivity index (χ3n) is 6.05. The normalized spacial score (nSPS) is 21.2. The topological polar surface area (TPSA) is 52.6 Å². The van der Waals surface area contributed by atoms with Gasteiger partial charge in [0.25, 0.3) is 0 Å². The first-order valence-corrected chi connectivity index (χ1v) is 10.3. The first-order valence-electron chi connectivity index (χ1n) is 10.3. The van der Waals surface area contributed by atoms with E-state index in [0.29, 0.717) is 24.1 Å². The van der Waals surface area contributed by atoms with Crippen LogP contribution in [0.4, 0.5) is 8.78 Å². The van der Waals surface area contributed by atoms with Gasteiger partial charge in [-0.15, -0.1) is 0 Å². The lowest BCUT2D eigenvalue weighted by atomic mass is 9.91. The lowest BCUT2D eigenvalue weighted by molar-refractivity contribution is -0.122. The van der Waals surface area contributed by atoms with Gasteiger partial charge in [-0.05, 0) is 68.1 Å². The maximum Gasteiger partial charge on any atom is 0.223 e. The molecule has 2 fully saturated rings. The van der Waals surface area contributed by atoms with Crippen LogP contribution >= 0.6 is 0 Å². The number of aromatic hydroxyl groups is 1. The Hall–Kier alpha value is -2.47. The summed E-state index contributed by atoms with van der Waals surface area (Å²) in [4.78, 5) is 14.0. The molecule has 2 heterocycles. The highest BCUT2D eigenvalue weighted by Gasteiger charge is 2.28. The van der Waals surface area contributed by atoms with Crippen molar-refractivity contribution >= 4 is 5.91 Å². The van der Waals surface area contributed by atoms with Gasteiger partial charge in [-0.3, -0.25) is 9.69 Å². The summed E-state index contributed by atoms with van der Waals surface area (Å²) in [6, 6.07) is 9.02. The van der Waals surface area contributed by atoms with Crippen LogP contribution in [0, 0.1) is 17.6 Å². The molecule has 2 aliphatic heterocycles. The SMILES string of the molecule is O=C1NCC[C@@H]1Cc1ccc([C@@H](c2ccc(O)c(F)c2)N2CCCCC2)c(F)c1. The van der Waals surface area contributed by atoms with E-state index in [9.17, 15) is 14.3 Å². The minimum Gasteiger partial charge on any atom is -0.505 e. The third-order valence-corrected chi connectivity index (χ3v) is 6.05. The first kappa shape index (κ1) is 19.8. The summed E-state index contributed by atoms with van der Waals surface area (Å²) in [5.74, 6) is -1.53. The number of nitrogens with zero attached hydrogens (tertiary/aromatic N) is 1. The highest BCUT2D eigenvalue weighted by molar-refractivity contribution is 5.80. The fraction of sp³-hybridized carbons (Fsp3) is 0.435. The molecule has 0 unspecified atom stereocenters. The molecular weight excluding hydrogens is 374 g/mol. The zero-order valence-corrected chi connectivity index (χ0v) is 16.3. The molecule has 6 heteroatoms. The van der Waals surface area contributed by atoms with Crippen LogP contribution in [-0.2, 0) is 11.2 Å². The number of amides is 1. The van der Waals surface area contributed by atoms with Gasteiger partial charge in [-0.25, -0.2) is 8.78 Å². The molecule has 2 aromatic rings. The van der Waals surface area contributed by atoms with Crippen LogP contribution in [0.3, 0.4) is 0 Å². The van der Waals surface area contributed by atoms with Crippen molar-refractivity contribution < 1.29 is 18.7 Å². The fourth-order valence-corrected chi connectivity index (χ4v) is 4.50. The molecule has 2 aromatic carbocycles. The predicted molar refractivity (Wildman–Crippen MR) is 107 cm³/mol. The summed E-state index contributed by atoms with van der Waals surface area (Å²) in [5.41, 5.74) is 1.92. The molecule has 0 radical (unpaired) electrons. The smallest absolute Gasteiger partial charge is 0.223 e. The van der Waals surface area contributed by atoms with E-state index in [2.05, 4.69) is 10.2 Å². The van der Waals surface area contributed by atoms with Gasteiger partial charge < -0.3 is 10.4 Å². The Morgan fingerprint density at radius 3 is 2.52 bits per heavy atom. The number of phenols is 1. The number of phenolic OH excluding ortho intramolecular Hbond substituents is 1. The maximum absolute atomic E-state index is 15.2. The number of hydrogen-bond donors (Lipinski definition) is 2. The van der Waals surface area contributed by atoms with Crippen LogP contribution in [0.5, 0.6) is 5.75 Å². The highest BCUT2D eigenvalue weighted by Crippen LogP contribution is 2.35. The zero-order valence-electron chi connectivity index (χ0n) is 16.3. The van der Waals surface area contributed by atoms with Crippen LogP contribution in [0.2, 0.25) is 0 Å². The lowest BCUT2D eigenvalue weighted by Gasteiger charge is -2.35. The van der Waals surface area contributed by atoms with E-state index < -0.39 is 17.6 Å². The summed E-state index contributed by atoms with van der Waals surface area (Å²) in [5, 5.41) is 12.4. The summed E-state index contributed by atoms with van der Waals surface area (Å²) < 4.78 is 29.3. The Morgan fingerprint density at radius 1 is 1.07 bits per heavy atom. The van der Waals surface area contributed by atoms with E-state index in [0.717, 1.165) is 44.3 Å². The van der Waals surface area contributed by atoms with Crippen molar-refractivity contribution in [3.8, 4) is 5.75 Å². The Bertz CT molecular complexity index is 896. The average molecular weight is 400 g/mol. The zero-order chi connectivity index (χ0) is 20.4. The number of rotatable bonds is 5. The fourth-order valence-electron chi connectivity index (χ4n) is 4.50. The Labute approximate surface area is 169 Å².